The van der Waals surface area contributed by atoms with E-state index in [0.717, 1.165) is 67.3 Å². The fraction of sp³-hybridized carbons (Fsp3) is 0.500. The maximum atomic E-state index is 13.9. The van der Waals surface area contributed by atoms with E-state index >= 15 is 0 Å². The molecule has 0 aliphatic carbocycles. The quantitative estimate of drug-likeness (QED) is 0.144. The van der Waals surface area contributed by atoms with Gasteiger partial charge in [0.05, 0.1) is 5.52 Å². The second-order valence-corrected chi connectivity index (χ2v) is 11.0. The summed E-state index contributed by atoms with van der Waals surface area (Å²) in [6.45, 7) is 9.67. The molecule has 1 aromatic heterocycles. The first-order chi connectivity index (χ1) is 18.4. The Morgan fingerprint density at radius 1 is 1.00 bits per heavy atom. The number of pyridine rings is 1. The Morgan fingerprint density at radius 3 is 2.50 bits per heavy atom. The molecule has 204 valence electrons. The lowest BCUT2D eigenvalue weighted by atomic mass is 9.97. The van der Waals surface area contributed by atoms with Crippen LogP contribution in [0.15, 0.2) is 53.3 Å². The Hall–Kier alpha value is -3.12. The van der Waals surface area contributed by atoms with Crippen molar-refractivity contribution < 1.29 is 0 Å². The second-order valence-electron chi connectivity index (χ2n) is 11.0. The lowest BCUT2D eigenvalue weighted by Crippen LogP contribution is -2.44. The highest BCUT2D eigenvalue weighted by atomic mass is 16.1. The van der Waals surface area contributed by atoms with Crippen molar-refractivity contribution in [2.75, 3.05) is 18.4 Å². The minimum absolute atomic E-state index is 0.00750. The van der Waals surface area contributed by atoms with Crippen molar-refractivity contribution in [2.24, 2.45) is 5.73 Å². The number of likely N-dealkylation sites (tertiary alicyclic amines) is 1. The molecule has 0 saturated carbocycles. The van der Waals surface area contributed by atoms with E-state index < -0.39 is 0 Å². The number of rotatable bonds is 12. The zero-order chi connectivity index (χ0) is 27.1. The number of fused-ring (bicyclic) bond motifs is 1. The van der Waals surface area contributed by atoms with Gasteiger partial charge in [0.1, 0.15) is 5.84 Å². The van der Waals surface area contributed by atoms with E-state index in [9.17, 15) is 4.79 Å². The van der Waals surface area contributed by atoms with Crippen LogP contribution in [0.5, 0.6) is 0 Å². The summed E-state index contributed by atoms with van der Waals surface area (Å²) in [5, 5.41) is 12.4. The molecule has 1 fully saturated rings. The molecule has 0 bridgehead atoms. The summed E-state index contributed by atoms with van der Waals surface area (Å²) < 4.78 is 1.96. The Kier molecular flexibility index (Phi) is 9.62. The number of anilines is 1. The lowest BCUT2D eigenvalue weighted by Gasteiger charge is -2.39. The van der Waals surface area contributed by atoms with E-state index in [0.29, 0.717) is 29.8 Å². The molecule has 1 aliphatic rings. The third kappa shape index (κ3) is 6.65. The van der Waals surface area contributed by atoms with Crippen molar-refractivity contribution >= 4 is 22.4 Å². The molecule has 0 spiro atoms. The average Bonchev–Trinajstić information content (AvgIpc) is 2.91. The number of nitrogens with one attached hydrogen (secondary N) is 2. The Labute approximate surface area is 227 Å². The van der Waals surface area contributed by atoms with Crippen LogP contribution in [0.3, 0.4) is 0 Å². The minimum atomic E-state index is 0.00750. The lowest BCUT2D eigenvalue weighted by molar-refractivity contribution is 0.101. The van der Waals surface area contributed by atoms with Gasteiger partial charge in [-0.2, -0.15) is 0 Å². The van der Waals surface area contributed by atoms with Gasteiger partial charge < -0.3 is 15.6 Å². The number of amidine groups is 1. The second kappa shape index (κ2) is 13.1. The monoisotopic (exact) mass is 515 g/mol. The molecule has 4 N–H and O–H groups in total. The predicted octanol–water partition coefficient (Wildman–Crippen LogP) is 6.60. The van der Waals surface area contributed by atoms with Crippen molar-refractivity contribution in [3.8, 4) is 11.1 Å². The zero-order valence-electron chi connectivity index (χ0n) is 23.4. The van der Waals surface area contributed by atoms with E-state index in [1.165, 1.54) is 19.3 Å². The Bertz CT molecular complexity index is 1290. The van der Waals surface area contributed by atoms with Gasteiger partial charge >= 0.3 is 0 Å². The van der Waals surface area contributed by atoms with Gasteiger partial charge in [-0.05, 0) is 87.7 Å². The molecule has 2 atom stereocenters. The molecule has 38 heavy (non-hydrogen) atoms. The molecule has 4 rings (SSSR count). The average molecular weight is 516 g/mol. The molecule has 6 nitrogen and oxygen atoms in total. The van der Waals surface area contributed by atoms with Crippen LogP contribution in [0.25, 0.3) is 22.0 Å². The molecule has 0 radical (unpaired) electrons. The number of nitrogen functional groups attached to an aromatic ring is 1. The highest BCUT2D eigenvalue weighted by Crippen LogP contribution is 2.26. The first kappa shape index (κ1) is 27.9. The number of hydrogen-bond donors (Lipinski definition) is 3. The van der Waals surface area contributed by atoms with Gasteiger partial charge in [-0.3, -0.25) is 15.1 Å². The Balaban J connectivity index is 1.58. The number of aromatic nitrogens is 1. The summed E-state index contributed by atoms with van der Waals surface area (Å²) in [7, 11) is 0. The fourth-order valence-electron chi connectivity index (χ4n) is 5.83. The van der Waals surface area contributed by atoms with Crippen LogP contribution in [-0.2, 0) is 6.54 Å². The van der Waals surface area contributed by atoms with Crippen LogP contribution in [0, 0.1) is 5.41 Å². The third-order valence-corrected chi connectivity index (χ3v) is 8.11. The van der Waals surface area contributed by atoms with Gasteiger partial charge in [-0.25, -0.2) is 0 Å². The first-order valence-electron chi connectivity index (χ1n) is 14.5. The molecular formula is C32H45N5O. The molecule has 1 saturated heterocycles. The van der Waals surface area contributed by atoms with Crippen LogP contribution in [-0.4, -0.2) is 40.5 Å². The SMILES string of the molecule is CCCCNc1ccc2cc(-c3cccc(C(=N)N)c3)c(=O)n(CCCCCN3[C@H](C)CCC[C@@H]3C)c2c1. The van der Waals surface area contributed by atoms with E-state index in [1.807, 2.05) is 34.9 Å². The molecule has 3 aromatic rings. The van der Waals surface area contributed by atoms with Crippen molar-refractivity contribution in [2.45, 2.75) is 90.8 Å². The summed E-state index contributed by atoms with van der Waals surface area (Å²) in [6.07, 6.45) is 9.43. The van der Waals surface area contributed by atoms with Crippen LogP contribution in [0.1, 0.15) is 77.7 Å². The molecule has 1 aliphatic heterocycles. The maximum Gasteiger partial charge on any atom is 0.258 e. The van der Waals surface area contributed by atoms with E-state index in [-0.39, 0.29) is 11.4 Å². The number of nitrogens with two attached hydrogens (primary N) is 1. The Morgan fingerprint density at radius 2 is 1.76 bits per heavy atom. The fourth-order valence-corrected chi connectivity index (χ4v) is 5.83. The summed E-state index contributed by atoms with van der Waals surface area (Å²) in [6, 6.07) is 17.1. The minimum Gasteiger partial charge on any atom is -0.385 e. The van der Waals surface area contributed by atoms with Crippen LogP contribution >= 0.6 is 0 Å². The number of hydrogen-bond acceptors (Lipinski definition) is 4. The molecule has 6 heteroatoms. The van der Waals surface area contributed by atoms with Gasteiger partial charge in [0.15, 0.2) is 0 Å². The van der Waals surface area contributed by atoms with Crippen molar-refractivity contribution in [1.29, 1.82) is 5.41 Å². The van der Waals surface area contributed by atoms with Crippen molar-refractivity contribution in [3.63, 3.8) is 0 Å². The first-order valence-corrected chi connectivity index (χ1v) is 14.5. The van der Waals surface area contributed by atoms with Gasteiger partial charge in [0.25, 0.3) is 5.56 Å². The highest BCUT2D eigenvalue weighted by molar-refractivity contribution is 5.96. The van der Waals surface area contributed by atoms with E-state index in [4.69, 9.17) is 11.1 Å². The number of piperidine rings is 1. The predicted molar refractivity (Wildman–Crippen MR) is 161 cm³/mol. The van der Waals surface area contributed by atoms with Crippen LogP contribution < -0.4 is 16.6 Å². The van der Waals surface area contributed by atoms with Crippen LogP contribution in [0.4, 0.5) is 5.69 Å². The van der Waals surface area contributed by atoms with Crippen LogP contribution in [0.2, 0.25) is 0 Å². The molecular weight excluding hydrogens is 470 g/mol. The normalized spacial score (nSPS) is 18.1. The number of nitrogens with zero attached hydrogens (tertiary/aromatic N) is 2. The third-order valence-electron chi connectivity index (χ3n) is 8.11. The van der Waals surface area contributed by atoms with E-state index in [2.05, 4.69) is 49.2 Å². The summed E-state index contributed by atoms with van der Waals surface area (Å²) in [5.74, 6) is 0.00750. The molecule has 0 amide bonds. The standard InChI is InChI=1S/C32H45N5O/c1-4-5-17-35-28-16-15-26-21-29(25-13-10-14-27(20-25)31(33)34)32(38)37(30(26)22-28)19-8-6-7-18-36-23(2)11-9-12-24(36)3/h10,13-16,20-24,35H,4-9,11-12,17-19H2,1-3H3,(H3,33,34)/t23-,24+. The van der Waals surface area contributed by atoms with Gasteiger partial charge in [0.2, 0.25) is 0 Å². The smallest absolute Gasteiger partial charge is 0.258 e. The number of aryl methyl sites for hydroxylation is 1. The largest absolute Gasteiger partial charge is 0.385 e. The maximum absolute atomic E-state index is 13.9. The van der Waals surface area contributed by atoms with Gasteiger partial charge in [0, 0.05) is 42.0 Å². The van der Waals surface area contributed by atoms with Crippen molar-refractivity contribution in [3.05, 3.63) is 64.4 Å². The summed E-state index contributed by atoms with van der Waals surface area (Å²) in [5.41, 5.74) is 9.87. The topological polar surface area (TPSA) is 87.1 Å². The van der Waals surface area contributed by atoms with E-state index in [1.54, 1.807) is 0 Å². The summed E-state index contributed by atoms with van der Waals surface area (Å²) in [4.78, 5) is 16.6. The molecule has 2 heterocycles. The zero-order valence-corrected chi connectivity index (χ0v) is 23.4. The highest BCUT2D eigenvalue weighted by Gasteiger charge is 2.23. The molecule has 0 unspecified atom stereocenters. The molecule has 2 aromatic carbocycles. The van der Waals surface area contributed by atoms with Gasteiger partial charge in [-0.1, -0.05) is 50.5 Å². The summed E-state index contributed by atoms with van der Waals surface area (Å²) >= 11 is 0. The van der Waals surface area contributed by atoms with Crippen molar-refractivity contribution in [1.82, 2.24) is 9.47 Å². The van der Waals surface area contributed by atoms with Gasteiger partial charge in [-0.15, -0.1) is 0 Å². The number of benzene rings is 2. The number of unbranched alkanes of at least 4 members (excludes halogenated alkanes) is 3.